The van der Waals surface area contributed by atoms with Crippen LogP contribution in [-0.2, 0) is 0 Å². The van der Waals surface area contributed by atoms with E-state index in [1.54, 1.807) is 0 Å². The lowest BCUT2D eigenvalue weighted by atomic mass is 10.1. The minimum Gasteiger partial charge on any atom is -0.310 e. The molecule has 0 radical (unpaired) electrons. The van der Waals surface area contributed by atoms with E-state index in [4.69, 9.17) is 11.6 Å². The molecule has 0 fully saturated rings. The third-order valence-electron chi connectivity index (χ3n) is 2.38. The smallest absolute Gasteiger partial charge is 0.0438 e. The molecule has 0 aliphatic carbocycles. The van der Waals surface area contributed by atoms with Crippen LogP contribution in [0.2, 0.25) is 5.02 Å². The van der Waals surface area contributed by atoms with Crippen LogP contribution in [0.1, 0.15) is 24.1 Å². The normalized spacial score (nSPS) is 12.8. The summed E-state index contributed by atoms with van der Waals surface area (Å²) in [6.45, 7) is 5.14. The SMILES string of the molecule is CCNC(CSC)c1ccc(C)c(Cl)c1. The quantitative estimate of drug-likeness (QED) is 0.847. The molecule has 84 valence electrons. The molecule has 0 heterocycles. The minimum absolute atomic E-state index is 0.406. The van der Waals surface area contributed by atoms with E-state index in [9.17, 15) is 0 Å². The lowest BCUT2D eigenvalue weighted by molar-refractivity contribution is 0.606. The van der Waals surface area contributed by atoms with Gasteiger partial charge in [0.2, 0.25) is 0 Å². The van der Waals surface area contributed by atoms with Gasteiger partial charge in [-0.25, -0.2) is 0 Å². The van der Waals surface area contributed by atoms with E-state index >= 15 is 0 Å². The van der Waals surface area contributed by atoms with Gasteiger partial charge in [0, 0.05) is 16.8 Å². The largest absolute Gasteiger partial charge is 0.310 e. The summed E-state index contributed by atoms with van der Waals surface area (Å²) in [6, 6.07) is 6.72. The fourth-order valence-electron chi connectivity index (χ4n) is 1.51. The first-order chi connectivity index (χ1) is 7.19. The van der Waals surface area contributed by atoms with Crippen molar-refractivity contribution in [2.75, 3.05) is 18.6 Å². The summed E-state index contributed by atoms with van der Waals surface area (Å²) in [4.78, 5) is 0. The highest BCUT2D eigenvalue weighted by atomic mass is 35.5. The van der Waals surface area contributed by atoms with Crippen LogP contribution in [0.25, 0.3) is 0 Å². The molecule has 0 amide bonds. The van der Waals surface area contributed by atoms with Crippen LogP contribution in [-0.4, -0.2) is 18.6 Å². The number of halogens is 1. The summed E-state index contributed by atoms with van der Waals surface area (Å²) in [5.41, 5.74) is 2.42. The highest BCUT2D eigenvalue weighted by Crippen LogP contribution is 2.23. The van der Waals surface area contributed by atoms with Crippen molar-refractivity contribution in [1.82, 2.24) is 5.32 Å². The molecule has 1 nitrogen and oxygen atoms in total. The van der Waals surface area contributed by atoms with Gasteiger partial charge in [0.25, 0.3) is 0 Å². The van der Waals surface area contributed by atoms with Crippen LogP contribution in [0.4, 0.5) is 0 Å². The van der Waals surface area contributed by atoms with E-state index in [0.717, 1.165) is 22.9 Å². The number of thioether (sulfide) groups is 1. The zero-order valence-electron chi connectivity index (χ0n) is 9.51. The zero-order chi connectivity index (χ0) is 11.3. The van der Waals surface area contributed by atoms with Crippen LogP contribution >= 0.6 is 23.4 Å². The molecule has 1 atom stereocenters. The van der Waals surface area contributed by atoms with Crippen molar-refractivity contribution in [2.24, 2.45) is 0 Å². The summed E-state index contributed by atoms with van der Waals surface area (Å²) >= 11 is 7.97. The highest BCUT2D eigenvalue weighted by Gasteiger charge is 2.10. The fraction of sp³-hybridized carbons (Fsp3) is 0.500. The number of hydrogen-bond donors (Lipinski definition) is 1. The molecule has 0 spiro atoms. The van der Waals surface area contributed by atoms with Crippen molar-refractivity contribution in [3.8, 4) is 0 Å². The van der Waals surface area contributed by atoms with E-state index in [1.165, 1.54) is 5.56 Å². The Morgan fingerprint density at radius 2 is 2.20 bits per heavy atom. The van der Waals surface area contributed by atoms with Crippen molar-refractivity contribution in [2.45, 2.75) is 19.9 Å². The molecule has 1 aromatic carbocycles. The number of aryl methyl sites for hydroxylation is 1. The molecule has 1 rings (SSSR count). The summed E-state index contributed by atoms with van der Waals surface area (Å²) in [6.07, 6.45) is 2.13. The topological polar surface area (TPSA) is 12.0 Å². The first-order valence-electron chi connectivity index (χ1n) is 5.17. The third kappa shape index (κ3) is 3.71. The number of nitrogens with one attached hydrogen (secondary N) is 1. The van der Waals surface area contributed by atoms with Crippen LogP contribution in [0.3, 0.4) is 0 Å². The molecule has 3 heteroatoms. The van der Waals surface area contributed by atoms with Crippen LogP contribution in [0.15, 0.2) is 18.2 Å². The van der Waals surface area contributed by atoms with Gasteiger partial charge in [0.05, 0.1) is 0 Å². The lowest BCUT2D eigenvalue weighted by Crippen LogP contribution is -2.22. The molecule has 0 bridgehead atoms. The number of rotatable bonds is 5. The van der Waals surface area contributed by atoms with E-state index in [0.29, 0.717) is 6.04 Å². The lowest BCUT2D eigenvalue weighted by Gasteiger charge is -2.17. The third-order valence-corrected chi connectivity index (χ3v) is 3.46. The van der Waals surface area contributed by atoms with Crippen molar-refractivity contribution in [3.05, 3.63) is 34.3 Å². The molecule has 1 N–H and O–H groups in total. The van der Waals surface area contributed by atoms with Crippen molar-refractivity contribution >= 4 is 23.4 Å². The van der Waals surface area contributed by atoms with Gasteiger partial charge >= 0.3 is 0 Å². The maximum Gasteiger partial charge on any atom is 0.0438 e. The molecular formula is C12H18ClNS. The average Bonchev–Trinajstić information content (AvgIpc) is 2.22. The maximum atomic E-state index is 6.12. The van der Waals surface area contributed by atoms with Crippen molar-refractivity contribution in [3.63, 3.8) is 0 Å². The second-order valence-electron chi connectivity index (χ2n) is 3.57. The Bertz CT molecular complexity index is 308. The van der Waals surface area contributed by atoms with Gasteiger partial charge < -0.3 is 5.32 Å². The Hall–Kier alpha value is -0.180. The first kappa shape index (κ1) is 12.9. The second-order valence-corrected chi connectivity index (χ2v) is 4.89. The monoisotopic (exact) mass is 243 g/mol. The predicted molar refractivity (Wildman–Crippen MR) is 71.0 cm³/mol. The standard InChI is InChI=1S/C12H18ClNS/c1-4-14-12(8-15-3)10-6-5-9(2)11(13)7-10/h5-7,12,14H,4,8H2,1-3H3. The molecular weight excluding hydrogens is 226 g/mol. The summed E-state index contributed by atoms with van der Waals surface area (Å²) in [5, 5.41) is 4.32. The first-order valence-corrected chi connectivity index (χ1v) is 6.94. The minimum atomic E-state index is 0.406. The summed E-state index contributed by atoms with van der Waals surface area (Å²) < 4.78 is 0. The van der Waals surface area contributed by atoms with Gasteiger partial charge in [0.1, 0.15) is 0 Å². The molecule has 0 aliphatic heterocycles. The molecule has 15 heavy (non-hydrogen) atoms. The van der Waals surface area contributed by atoms with Gasteiger partial charge in [-0.15, -0.1) is 0 Å². The molecule has 1 unspecified atom stereocenters. The predicted octanol–water partition coefficient (Wildman–Crippen LogP) is 3.66. The van der Waals surface area contributed by atoms with E-state index in [1.807, 2.05) is 18.7 Å². The Morgan fingerprint density at radius 3 is 2.73 bits per heavy atom. The van der Waals surface area contributed by atoms with Gasteiger partial charge in [0.15, 0.2) is 0 Å². The van der Waals surface area contributed by atoms with Crippen LogP contribution in [0, 0.1) is 6.92 Å². The van der Waals surface area contributed by atoms with Gasteiger partial charge in [-0.3, -0.25) is 0 Å². The number of hydrogen-bond acceptors (Lipinski definition) is 2. The number of benzene rings is 1. The van der Waals surface area contributed by atoms with Gasteiger partial charge in [-0.1, -0.05) is 30.7 Å². The Kier molecular flexibility index (Phi) is 5.51. The molecule has 0 saturated heterocycles. The molecule has 0 saturated carbocycles. The van der Waals surface area contributed by atoms with Gasteiger partial charge in [-0.05, 0) is 36.9 Å². The van der Waals surface area contributed by atoms with Crippen LogP contribution < -0.4 is 5.32 Å². The van der Waals surface area contributed by atoms with Crippen LogP contribution in [0.5, 0.6) is 0 Å². The van der Waals surface area contributed by atoms with Crippen molar-refractivity contribution in [1.29, 1.82) is 0 Å². The van der Waals surface area contributed by atoms with E-state index < -0.39 is 0 Å². The molecule has 0 aliphatic rings. The Balaban J connectivity index is 2.85. The molecule has 1 aromatic rings. The summed E-state index contributed by atoms with van der Waals surface area (Å²) in [7, 11) is 0. The highest BCUT2D eigenvalue weighted by molar-refractivity contribution is 7.98. The van der Waals surface area contributed by atoms with Crippen molar-refractivity contribution < 1.29 is 0 Å². The van der Waals surface area contributed by atoms with E-state index in [-0.39, 0.29) is 0 Å². The zero-order valence-corrected chi connectivity index (χ0v) is 11.1. The van der Waals surface area contributed by atoms with E-state index in [2.05, 4.69) is 36.7 Å². The second kappa shape index (κ2) is 6.41. The summed E-state index contributed by atoms with van der Waals surface area (Å²) in [5.74, 6) is 1.08. The maximum absolute atomic E-state index is 6.12. The van der Waals surface area contributed by atoms with Gasteiger partial charge in [-0.2, -0.15) is 11.8 Å². The fourth-order valence-corrected chi connectivity index (χ4v) is 2.34. The Labute approximate surface area is 102 Å². The Morgan fingerprint density at radius 1 is 1.47 bits per heavy atom. The average molecular weight is 244 g/mol. The molecule has 0 aromatic heterocycles.